The van der Waals surface area contributed by atoms with Crippen LogP contribution in [0, 0.1) is 23.7 Å². The molecule has 0 aliphatic heterocycles. The topological polar surface area (TPSA) is 12.0 Å². The molecule has 2 aliphatic carbocycles. The highest BCUT2D eigenvalue weighted by Crippen LogP contribution is 2.60. The van der Waals surface area contributed by atoms with Crippen molar-refractivity contribution in [1.29, 1.82) is 0 Å². The quantitative estimate of drug-likeness (QED) is 0.691. The molecule has 2 aliphatic rings. The van der Waals surface area contributed by atoms with Gasteiger partial charge in [0, 0.05) is 6.04 Å². The third-order valence-electron chi connectivity index (χ3n) is 4.87. The zero-order valence-corrected chi connectivity index (χ0v) is 11.3. The second-order valence-electron chi connectivity index (χ2n) is 6.08. The molecule has 1 heteroatoms. The Labute approximate surface area is 101 Å². The summed E-state index contributed by atoms with van der Waals surface area (Å²) in [6, 6.07) is 0.829. The zero-order chi connectivity index (χ0) is 11.5. The van der Waals surface area contributed by atoms with E-state index < -0.39 is 0 Å². The summed E-state index contributed by atoms with van der Waals surface area (Å²) in [7, 11) is 0. The standard InChI is InChI=1S/C15H29N/c1-4-7-11(3)15(16-10-5-2)14-12-8-6-9-13(12)14/h11-16H,4-10H2,1-3H3. The van der Waals surface area contributed by atoms with Crippen LogP contribution in [0.5, 0.6) is 0 Å². The average molecular weight is 223 g/mol. The molecule has 1 nitrogen and oxygen atoms in total. The van der Waals surface area contributed by atoms with Gasteiger partial charge in [0.2, 0.25) is 0 Å². The van der Waals surface area contributed by atoms with Crippen molar-refractivity contribution < 1.29 is 0 Å². The lowest BCUT2D eigenvalue weighted by atomic mass is 9.89. The summed E-state index contributed by atoms with van der Waals surface area (Å²) in [6.07, 6.45) is 8.58. The Morgan fingerprint density at radius 3 is 2.38 bits per heavy atom. The van der Waals surface area contributed by atoms with Crippen LogP contribution >= 0.6 is 0 Å². The van der Waals surface area contributed by atoms with Crippen LogP contribution in [0.3, 0.4) is 0 Å². The van der Waals surface area contributed by atoms with E-state index in [4.69, 9.17) is 0 Å². The Morgan fingerprint density at radius 2 is 1.81 bits per heavy atom. The summed E-state index contributed by atoms with van der Waals surface area (Å²) in [4.78, 5) is 0. The van der Waals surface area contributed by atoms with Crippen molar-refractivity contribution in [1.82, 2.24) is 5.32 Å². The van der Waals surface area contributed by atoms with Crippen LogP contribution in [0.1, 0.15) is 59.3 Å². The second kappa shape index (κ2) is 5.53. The van der Waals surface area contributed by atoms with Gasteiger partial charge in [-0.05, 0) is 55.9 Å². The molecule has 0 heterocycles. The predicted molar refractivity (Wildman–Crippen MR) is 70.5 cm³/mol. The largest absolute Gasteiger partial charge is 0.313 e. The molecule has 0 bridgehead atoms. The Kier molecular flexibility index (Phi) is 4.29. The van der Waals surface area contributed by atoms with E-state index in [1.165, 1.54) is 45.1 Å². The third kappa shape index (κ3) is 2.45. The van der Waals surface area contributed by atoms with E-state index in [9.17, 15) is 0 Å². The van der Waals surface area contributed by atoms with E-state index in [0.717, 1.165) is 29.7 Å². The lowest BCUT2D eigenvalue weighted by Crippen LogP contribution is -2.38. The molecule has 1 N–H and O–H groups in total. The van der Waals surface area contributed by atoms with Gasteiger partial charge in [0.15, 0.2) is 0 Å². The molecule has 4 unspecified atom stereocenters. The highest BCUT2D eigenvalue weighted by atomic mass is 14.9. The average Bonchev–Trinajstić information content (AvgIpc) is 2.74. The molecule has 4 atom stereocenters. The molecule has 2 rings (SSSR count). The molecule has 16 heavy (non-hydrogen) atoms. The number of nitrogens with one attached hydrogen (secondary N) is 1. The monoisotopic (exact) mass is 223 g/mol. The van der Waals surface area contributed by atoms with Crippen molar-refractivity contribution in [2.24, 2.45) is 23.7 Å². The van der Waals surface area contributed by atoms with Crippen molar-refractivity contribution in [3.05, 3.63) is 0 Å². The summed E-state index contributed by atoms with van der Waals surface area (Å²) >= 11 is 0. The summed E-state index contributed by atoms with van der Waals surface area (Å²) in [6.45, 7) is 8.28. The first-order chi connectivity index (χ1) is 7.79. The fourth-order valence-corrected chi connectivity index (χ4v) is 4.07. The summed E-state index contributed by atoms with van der Waals surface area (Å²) < 4.78 is 0. The molecule has 0 amide bonds. The normalized spacial score (nSPS) is 35.8. The Balaban J connectivity index is 1.87. The number of fused-ring (bicyclic) bond motifs is 1. The predicted octanol–water partition coefficient (Wildman–Crippen LogP) is 3.84. The van der Waals surface area contributed by atoms with Crippen LogP contribution < -0.4 is 5.32 Å². The van der Waals surface area contributed by atoms with Gasteiger partial charge < -0.3 is 5.32 Å². The molecule has 0 saturated heterocycles. The van der Waals surface area contributed by atoms with Gasteiger partial charge >= 0.3 is 0 Å². The van der Waals surface area contributed by atoms with Gasteiger partial charge in [-0.1, -0.05) is 33.6 Å². The van der Waals surface area contributed by atoms with Crippen LogP contribution in [0.25, 0.3) is 0 Å². The minimum absolute atomic E-state index is 0.829. The van der Waals surface area contributed by atoms with Crippen LogP contribution in [0.15, 0.2) is 0 Å². The van der Waals surface area contributed by atoms with Crippen LogP contribution in [-0.2, 0) is 0 Å². The maximum atomic E-state index is 3.84. The highest BCUT2D eigenvalue weighted by molar-refractivity contribution is 5.07. The van der Waals surface area contributed by atoms with Crippen molar-refractivity contribution in [3.63, 3.8) is 0 Å². The van der Waals surface area contributed by atoms with Crippen LogP contribution in [-0.4, -0.2) is 12.6 Å². The van der Waals surface area contributed by atoms with Gasteiger partial charge in [0.05, 0.1) is 0 Å². The molecular weight excluding hydrogens is 194 g/mol. The van der Waals surface area contributed by atoms with E-state index in [1.54, 1.807) is 0 Å². The summed E-state index contributed by atoms with van der Waals surface area (Å²) in [5.41, 5.74) is 0. The zero-order valence-electron chi connectivity index (χ0n) is 11.3. The fourth-order valence-electron chi connectivity index (χ4n) is 4.07. The molecule has 0 radical (unpaired) electrons. The number of rotatable bonds is 7. The van der Waals surface area contributed by atoms with E-state index in [0.29, 0.717) is 0 Å². The van der Waals surface area contributed by atoms with E-state index >= 15 is 0 Å². The smallest absolute Gasteiger partial charge is 0.0126 e. The Morgan fingerprint density at radius 1 is 1.12 bits per heavy atom. The SMILES string of the molecule is CCCNC(C(C)CCC)C1C2CCCC21. The third-order valence-corrected chi connectivity index (χ3v) is 4.87. The lowest BCUT2D eigenvalue weighted by Gasteiger charge is -2.27. The van der Waals surface area contributed by atoms with Crippen molar-refractivity contribution >= 4 is 0 Å². The van der Waals surface area contributed by atoms with Crippen molar-refractivity contribution in [2.45, 2.75) is 65.3 Å². The first-order valence-corrected chi connectivity index (χ1v) is 7.53. The van der Waals surface area contributed by atoms with Crippen LogP contribution in [0.2, 0.25) is 0 Å². The molecule has 2 fully saturated rings. The van der Waals surface area contributed by atoms with Gasteiger partial charge in [-0.15, -0.1) is 0 Å². The van der Waals surface area contributed by atoms with Gasteiger partial charge in [-0.3, -0.25) is 0 Å². The number of hydrogen-bond acceptors (Lipinski definition) is 1. The molecule has 0 aromatic heterocycles. The van der Waals surface area contributed by atoms with Gasteiger partial charge in [-0.25, -0.2) is 0 Å². The molecular formula is C15H29N. The molecule has 0 aromatic rings. The lowest BCUT2D eigenvalue weighted by molar-refractivity contribution is 0.294. The van der Waals surface area contributed by atoms with Gasteiger partial charge in [-0.2, -0.15) is 0 Å². The van der Waals surface area contributed by atoms with E-state index in [2.05, 4.69) is 26.1 Å². The van der Waals surface area contributed by atoms with Crippen LogP contribution in [0.4, 0.5) is 0 Å². The van der Waals surface area contributed by atoms with E-state index in [1.807, 2.05) is 0 Å². The second-order valence-corrected chi connectivity index (χ2v) is 6.08. The summed E-state index contributed by atoms with van der Waals surface area (Å²) in [5.74, 6) is 4.14. The van der Waals surface area contributed by atoms with Crippen molar-refractivity contribution in [3.8, 4) is 0 Å². The first kappa shape index (κ1) is 12.4. The minimum atomic E-state index is 0.829. The molecule has 2 saturated carbocycles. The van der Waals surface area contributed by atoms with E-state index in [-0.39, 0.29) is 0 Å². The summed E-state index contributed by atoms with van der Waals surface area (Å²) in [5, 5.41) is 3.84. The maximum Gasteiger partial charge on any atom is 0.0126 e. The van der Waals surface area contributed by atoms with Crippen molar-refractivity contribution in [2.75, 3.05) is 6.54 Å². The highest BCUT2D eigenvalue weighted by Gasteiger charge is 2.56. The fraction of sp³-hybridized carbons (Fsp3) is 1.00. The molecule has 0 spiro atoms. The molecule has 94 valence electrons. The Hall–Kier alpha value is -0.0400. The Bertz CT molecular complexity index is 203. The minimum Gasteiger partial charge on any atom is -0.313 e. The first-order valence-electron chi connectivity index (χ1n) is 7.53. The van der Waals surface area contributed by atoms with Gasteiger partial charge in [0.1, 0.15) is 0 Å². The van der Waals surface area contributed by atoms with Gasteiger partial charge in [0.25, 0.3) is 0 Å². The number of hydrogen-bond donors (Lipinski definition) is 1. The maximum absolute atomic E-state index is 3.84. The molecule has 0 aromatic carbocycles.